The van der Waals surface area contributed by atoms with Crippen LogP contribution in [0.5, 0.6) is 0 Å². The van der Waals surface area contributed by atoms with E-state index < -0.39 is 15.9 Å². The third-order valence-corrected chi connectivity index (χ3v) is 5.97. The van der Waals surface area contributed by atoms with Gasteiger partial charge in [-0.3, -0.25) is 9.52 Å². The number of amides is 1. The number of sulfonamides is 1. The molecule has 0 fully saturated rings. The van der Waals surface area contributed by atoms with E-state index in [0.717, 1.165) is 16.9 Å². The van der Waals surface area contributed by atoms with Gasteiger partial charge in [-0.05, 0) is 47.5 Å². The van der Waals surface area contributed by atoms with Crippen molar-refractivity contribution in [3.05, 3.63) is 44.1 Å². The zero-order chi connectivity index (χ0) is 15.8. The number of hydrogen-bond donors (Lipinski definition) is 2. The molecule has 112 valence electrons. The maximum Gasteiger partial charge on any atom is 0.262 e. The summed E-state index contributed by atoms with van der Waals surface area (Å²) in [6, 6.07) is 6.57. The molecule has 5 nitrogen and oxygen atoms in total. The predicted molar refractivity (Wildman–Crippen MR) is 87.3 cm³/mol. The SMILES string of the molecule is Cc1ccc(S(=O)(=O)Nc2cc(Br)sc2C(N)=O)c(C)c1. The molecule has 0 aliphatic heterocycles. The first-order valence-corrected chi connectivity index (χ1v) is 8.99. The van der Waals surface area contributed by atoms with Gasteiger partial charge in [0.05, 0.1) is 14.4 Å². The normalized spacial score (nSPS) is 11.4. The first-order chi connectivity index (χ1) is 9.70. The lowest BCUT2D eigenvalue weighted by atomic mass is 10.2. The Labute approximate surface area is 135 Å². The molecular formula is C13H13BrN2O3S2. The van der Waals surface area contributed by atoms with Crippen LogP contribution >= 0.6 is 27.3 Å². The van der Waals surface area contributed by atoms with E-state index in [-0.39, 0.29) is 15.5 Å². The van der Waals surface area contributed by atoms with Crippen LogP contribution in [0.15, 0.2) is 32.9 Å². The largest absolute Gasteiger partial charge is 0.365 e. The van der Waals surface area contributed by atoms with Crippen LogP contribution in [-0.4, -0.2) is 14.3 Å². The Balaban J connectivity index is 2.45. The number of benzene rings is 1. The quantitative estimate of drug-likeness (QED) is 0.843. The van der Waals surface area contributed by atoms with Crippen LogP contribution in [0, 0.1) is 13.8 Å². The number of halogens is 1. The zero-order valence-electron chi connectivity index (χ0n) is 11.3. The summed E-state index contributed by atoms with van der Waals surface area (Å²) in [5.41, 5.74) is 7.04. The van der Waals surface area contributed by atoms with Crippen LogP contribution in [0.4, 0.5) is 5.69 Å². The summed E-state index contributed by atoms with van der Waals surface area (Å²) in [4.78, 5) is 11.7. The molecule has 1 heterocycles. The third kappa shape index (κ3) is 3.45. The minimum absolute atomic E-state index is 0.162. The second-order valence-electron chi connectivity index (χ2n) is 4.53. The minimum atomic E-state index is -3.78. The summed E-state index contributed by atoms with van der Waals surface area (Å²) in [5, 5.41) is 0. The summed E-state index contributed by atoms with van der Waals surface area (Å²) in [5.74, 6) is -0.677. The van der Waals surface area contributed by atoms with Crippen LogP contribution in [0.3, 0.4) is 0 Å². The van der Waals surface area contributed by atoms with E-state index in [0.29, 0.717) is 9.35 Å². The molecule has 3 N–H and O–H groups in total. The molecule has 21 heavy (non-hydrogen) atoms. The molecule has 2 aromatic rings. The smallest absolute Gasteiger partial charge is 0.262 e. The van der Waals surface area contributed by atoms with Gasteiger partial charge in [-0.2, -0.15) is 0 Å². The van der Waals surface area contributed by atoms with Crippen LogP contribution in [0.25, 0.3) is 0 Å². The number of nitrogens with two attached hydrogens (primary N) is 1. The minimum Gasteiger partial charge on any atom is -0.365 e. The number of carbonyl (C=O) groups is 1. The van der Waals surface area contributed by atoms with Crippen molar-refractivity contribution in [1.29, 1.82) is 0 Å². The molecule has 0 aliphatic rings. The highest BCUT2D eigenvalue weighted by Crippen LogP contribution is 2.32. The average Bonchev–Trinajstić information content (AvgIpc) is 2.68. The highest BCUT2D eigenvalue weighted by Gasteiger charge is 2.21. The van der Waals surface area contributed by atoms with Gasteiger partial charge < -0.3 is 5.73 Å². The molecule has 0 bridgehead atoms. The lowest BCUT2D eigenvalue weighted by Crippen LogP contribution is -2.17. The van der Waals surface area contributed by atoms with Crippen molar-refractivity contribution in [2.24, 2.45) is 5.73 Å². The molecule has 0 aliphatic carbocycles. The van der Waals surface area contributed by atoms with Crippen molar-refractivity contribution in [3.63, 3.8) is 0 Å². The molecule has 0 saturated carbocycles. The number of rotatable bonds is 4. The summed E-state index contributed by atoms with van der Waals surface area (Å²) in [6.45, 7) is 3.61. The monoisotopic (exact) mass is 388 g/mol. The summed E-state index contributed by atoms with van der Waals surface area (Å²) >= 11 is 4.30. The Morgan fingerprint density at radius 3 is 2.52 bits per heavy atom. The zero-order valence-corrected chi connectivity index (χ0v) is 14.5. The molecule has 2 rings (SSSR count). The first-order valence-electron chi connectivity index (χ1n) is 5.90. The van der Waals surface area contributed by atoms with E-state index in [1.165, 1.54) is 6.07 Å². The molecule has 1 amide bonds. The second kappa shape index (κ2) is 5.78. The van der Waals surface area contributed by atoms with E-state index in [4.69, 9.17) is 5.73 Å². The van der Waals surface area contributed by atoms with Gasteiger partial charge in [-0.1, -0.05) is 17.7 Å². The highest BCUT2D eigenvalue weighted by atomic mass is 79.9. The molecule has 0 saturated heterocycles. The predicted octanol–water partition coefficient (Wildman–Crippen LogP) is 3.03. The number of aryl methyl sites for hydroxylation is 2. The average molecular weight is 389 g/mol. The van der Waals surface area contributed by atoms with Gasteiger partial charge in [-0.25, -0.2) is 8.42 Å². The van der Waals surface area contributed by atoms with Gasteiger partial charge in [0.15, 0.2) is 0 Å². The fourth-order valence-electron chi connectivity index (χ4n) is 1.92. The second-order valence-corrected chi connectivity index (χ2v) is 8.61. The maximum atomic E-state index is 12.4. The molecule has 1 aromatic heterocycles. The number of carbonyl (C=O) groups excluding carboxylic acids is 1. The molecule has 0 spiro atoms. The maximum absolute atomic E-state index is 12.4. The molecule has 0 unspecified atom stereocenters. The first kappa shape index (κ1) is 16.0. The molecule has 0 atom stereocenters. The Morgan fingerprint density at radius 2 is 1.95 bits per heavy atom. The lowest BCUT2D eigenvalue weighted by molar-refractivity contribution is 0.100. The van der Waals surface area contributed by atoms with E-state index in [1.807, 2.05) is 6.92 Å². The Hall–Kier alpha value is -1.38. The summed E-state index contributed by atoms with van der Waals surface area (Å²) in [6.07, 6.45) is 0. The van der Waals surface area contributed by atoms with Gasteiger partial charge in [0.25, 0.3) is 15.9 Å². The molecule has 0 radical (unpaired) electrons. The van der Waals surface area contributed by atoms with Crippen LogP contribution in [-0.2, 0) is 10.0 Å². The highest BCUT2D eigenvalue weighted by molar-refractivity contribution is 9.11. The van der Waals surface area contributed by atoms with E-state index >= 15 is 0 Å². The van der Waals surface area contributed by atoms with Crippen LogP contribution in [0.2, 0.25) is 0 Å². The fraction of sp³-hybridized carbons (Fsp3) is 0.154. The fourth-order valence-corrected chi connectivity index (χ4v) is 4.68. The van der Waals surface area contributed by atoms with Crippen LogP contribution < -0.4 is 10.5 Å². The third-order valence-electron chi connectivity index (χ3n) is 2.79. The Morgan fingerprint density at radius 1 is 1.29 bits per heavy atom. The van der Waals surface area contributed by atoms with Crippen molar-refractivity contribution in [1.82, 2.24) is 0 Å². The number of anilines is 1. The van der Waals surface area contributed by atoms with Gasteiger partial charge in [0.2, 0.25) is 0 Å². The summed E-state index contributed by atoms with van der Waals surface area (Å²) in [7, 11) is -3.78. The number of thiophene rings is 1. The van der Waals surface area contributed by atoms with Crippen molar-refractivity contribution in [2.75, 3.05) is 4.72 Å². The van der Waals surface area contributed by atoms with E-state index in [2.05, 4.69) is 20.7 Å². The molecular weight excluding hydrogens is 376 g/mol. The van der Waals surface area contributed by atoms with Crippen molar-refractivity contribution < 1.29 is 13.2 Å². The van der Waals surface area contributed by atoms with Crippen molar-refractivity contribution in [3.8, 4) is 0 Å². The van der Waals surface area contributed by atoms with Gasteiger partial charge in [-0.15, -0.1) is 11.3 Å². The van der Waals surface area contributed by atoms with Gasteiger partial charge >= 0.3 is 0 Å². The molecule has 1 aromatic carbocycles. The lowest BCUT2D eigenvalue weighted by Gasteiger charge is -2.10. The topological polar surface area (TPSA) is 89.3 Å². The van der Waals surface area contributed by atoms with Crippen LogP contribution in [0.1, 0.15) is 20.8 Å². The number of hydrogen-bond acceptors (Lipinski definition) is 4. The standard InChI is InChI=1S/C13H13BrN2O3S2/c1-7-3-4-10(8(2)5-7)21(18,19)16-9-6-11(14)20-12(9)13(15)17/h3-6,16H,1-2H3,(H2,15,17). The number of nitrogens with one attached hydrogen (secondary N) is 1. The summed E-state index contributed by atoms with van der Waals surface area (Å²) < 4.78 is 27.9. The van der Waals surface area contributed by atoms with Crippen molar-refractivity contribution >= 4 is 48.9 Å². The number of primary amides is 1. The van der Waals surface area contributed by atoms with Gasteiger partial charge in [0.1, 0.15) is 4.88 Å². The van der Waals surface area contributed by atoms with Crippen molar-refractivity contribution in [2.45, 2.75) is 18.7 Å². The Kier molecular flexibility index (Phi) is 4.40. The van der Waals surface area contributed by atoms with E-state index in [9.17, 15) is 13.2 Å². The molecule has 8 heteroatoms. The van der Waals surface area contributed by atoms with E-state index in [1.54, 1.807) is 25.1 Å². The Bertz CT molecular complexity index is 813. The van der Waals surface area contributed by atoms with Gasteiger partial charge in [0, 0.05) is 0 Å².